The summed E-state index contributed by atoms with van der Waals surface area (Å²) in [6, 6.07) is 2.14. The SMILES string of the molecule is CCCn1cc(C(=O)N2CCCCC2c2cc3nc(C)cc(C(F)(F)F)n3n2)c(C)n1. The van der Waals surface area contributed by atoms with Crippen molar-refractivity contribution in [3.8, 4) is 0 Å². The van der Waals surface area contributed by atoms with Crippen LogP contribution >= 0.6 is 0 Å². The van der Waals surface area contributed by atoms with Gasteiger partial charge in [0.05, 0.1) is 23.0 Å². The zero-order valence-corrected chi connectivity index (χ0v) is 17.8. The van der Waals surface area contributed by atoms with Crippen LogP contribution in [-0.4, -0.2) is 41.7 Å². The number of alkyl halides is 3. The standard InChI is InChI=1S/C21H25F3N6O/c1-4-8-28-12-15(14(3)26-28)20(31)29-9-6-5-7-17(29)16-11-19-25-13(2)10-18(21(22,23)24)30(19)27-16/h10-12,17H,4-9H2,1-3H3. The molecule has 4 heterocycles. The Morgan fingerprint density at radius 2 is 1.97 bits per heavy atom. The minimum absolute atomic E-state index is 0.132. The van der Waals surface area contributed by atoms with Gasteiger partial charge < -0.3 is 4.90 Å². The molecular formula is C21H25F3N6O. The van der Waals surface area contributed by atoms with Crippen LogP contribution in [0, 0.1) is 13.8 Å². The van der Waals surface area contributed by atoms with Gasteiger partial charge in [-0.05, 0) is 45.6 Å². The van der Waals surface area contributed by atoms with Crippen molar-refractivity contribution in [1.82, 2.24) is 29.3 Å². The number of hydrogen-bond acceptors (Lipinski definition) is 4. The number of fused-ring (bicyclic) bond motifs is 1. The summed E-state index contributed by atoms with van der Waals surface area (Å²) in [6.07, 6.45) is 0.442. The van der Waals surface area contributed by atoms with Crippen molar-refractivity contribution < 1.29 is 18.0 Å². The summed E-state index contributed by atoms with van der Waals surface area (Å²) >= 11 is 0. The average Bonchev–Trinajstić information content (AvgIpc) is 3.29. The zero-order valence-electron chi connectivity index (χ0n) is 17.8. The Morgan fingerprint density at radius 3 is 2.68 bits per heavy atom. The molecule has 166 valence electrons. The number of halogens is 3. The first kappa shape index (κ1) is 21.3. The highest BCUT2D eigenvalue weighted by molar-refractivity contribution is 5.95. The molecule has 1 unspecified atom stereocenters. The number of carbonyl (C=O) groups excluding carboxylic acids is 1. The number of likely N-dealkylation sites (tertiary alicyclic amines) is 1. The van der Waals surface area contributed by atoms with Crippen molar-refractivity contribution >= 4 is 11.6 Å². The summed E-state index contributed by atoms with van der Waals surface area (Å²) in [7, 11) is 0. The van der Waals surface area contributed by atoms with Crippen LogP contribution in [0.3, 0.4) is 0 Å². The second-order valence-corrected chi connectivity index (χ2v) is 8.02. The number of hydrogen-bond donors (Lipinski definition) is 0. The fraction of sp³-hybridized carbons (Fsp3) is 0.524. The van der Waals surface area contributed by atoms with Crippen molar-refractivity contribution in [2.24, 2.45) is 0 Å². The lowest BCUT2D eigenvalue weighted by atomic mass is 9.98. The van der Waals surface area contributed by atoms with Gasteiger partial charge in [-0.1, -0.05) is 6.92 Å². The average molecular weight is 434 g/mol. The Morgan fingerprint density at radius 1 is 1.19 bits per heavy atom. The van der Waals surface area contributed by atoms with Crippen LogP contribution in [0.5, 0.6) is 0 Å². The molecule has 7 nitrogen and oxygen atoms in total. The number of nitrogens with zero attached hydrogens (tertiary/aromatic N) is 6. The van der Waals surface area contributed by atoms with Gasteiger partial charge in [0.15, 0.2) is 5.65 Å². The first-order valence-corrected chi connectivity index (χ1v) is 10.5. The van der Waals surface area contributed by atoms with Crippen molar-refractivity contribution in [1.29, 1.82) is 0 Å². The minimum atomic E-state index is -4.55. The normalized spacial score (nSPS) is 17.5. The van der Waals surface area contributed by atoms with Crippen LogP contribution in [0.25, 0.3) is 5.65 Å². The lowest BCUT2D eigenvalue weighted by molar-refractivity contribution is -0.142. The topological polar surface area (TPSA) is 68.3 Å². The number of piperidine rings is 1. The molecule has 0 N–H and O–H groups in total. The number of aromatic nitrogens is 5. The van der Waals surface area contributed by atoms with Gasteiger partial charge in [-0.2, -0.15) is 23.4 Å². The molecule has 1 aliphatic rings. The molecule has 3 aromatic heterocycles. The van der Waals surface area contributed by atoms with E-state index in [2.05, 4.69) is 15.2 Å². The first-order chi connectivity index (χ1) is 14.7. The molecule has 1 saturated heterocycles. The summed E-state index contributed by atoms with van der Waals surface area (Å²) in [5.41, 5.74) is 1.12. The van der Waals surface area contributed by atoms with Gasteiger partial charge in [-0.25, -0.2) is 9.50 Å². The maximum absolute atomic E-state index is 13.5. The third kappa shape index (κ3) is 4.03. The Bertz CT molecular complexity index is 1120. The number of amides is 1. The molecule has 0 aliphatic carbocycles. The molecule has 0 saturated carbocycles. The third-order valence-corrected chi connectivity index (χ3v) is 5.60. The molecule has 1 aliphatic heterocycles. The summed E-state index contributed by atoms with van der Waals surface area (Å²) in [5, 5.41) is 8.66. The zero-order chi connectivity index (χ0) is 22.3. The van der Waals surface area contributed by atoms with Crippen LogP contribution in [0.1, 0.15) is 71.8 Å². The number of aryl methyl sites for hydroxylation is 3. The van der Waals surface area contributed by atoms with Gasteiger partial charge in [0.1, 0.15) is 5.69 Å². The fourth-order valence-corrected chi connectivity index (χ4v) is 4.19. The van der Waals surface area contributed by atoms with E-state index in [1.807, 2.05) is 6.92 Å². The first-order valence-electron chi connectivity index (χ1n) is 10.5. The smallest absolute Gasteiger partial charge is 0.330 e. The van der Waals surface area contributed by atoms with Crippen molar-refractivity contribution in [2.75, 3.05) is 6.54 Å². The van der Waals surface area contributed by atoms with E-state index in [-0.39, 0.29) is 17.2 Å². The lowest BCUT2D eigenvalue weighted by Crippen LogP contribution is -2.38. The van der Waals surface area contributed by atoms with Crippen LogP contribution in [0.4, 0.5) is 13.2 Å². The molecular weight excluding hydrogens is 409 g/mol. The van der Waals surface area contributed by atoms with E-state index >= 15 is 0 Å². The second-order valence-electron chi connectivity index (χ2n) is 8.02. The Hall–Kier alpha value is -2.91. The molecule has 4 rings (SSSR count). The van der Waals surface area contributed by atoms with E-state index in [1.165, 1.54) is 6.92 Å². The van der Waals surface area contributed by atoms with E-state index in [9.17, 15) is 18.0 Å². The van der Waals surface area contributed by atoms with Gasteiger partial charge in [0.2, 0.25) is 0 Å². The molecule has 0 spiro atoms. The van der Waals surface area contributed by atoms with Gasteiger partial charge in [0, 0.05) is 31.0 Å². The van der Waals surface area contributed by atoms with E-state index < -0.39 is 17.9 Å². The van der Waals surface area contributed by atoms with Gasteiger partial charge in [-0.15, -0.1) is 0 Å². The molecule has 0 radical (unpaired) electrons. The highest BCUT2D eigenvalue weighted by Crippen LogP contribution is 2.34. The van der Waals surface area contributed by atoms with Crippen molar-refractivity contribution in [3.63, 3.8) is 0 Å². The summed E-state index contributed by atoms with van der Waals surface area (Å²) in [6.45, 7) is 6.60. The molecule has 0 bridgehead atoms. The predicted molar refractivity (Wildman–Crippen MR) is 108 cm³/mol. The van der Waals surface area contributed by atoms with Crippen molar-refractivity contribution in [2.45, 2.75) is 65.2 Å². The van der Waals surface area contributed by atoms with Crippen LogP contribution in [0.15, 0.2) is 18.3 Å². The van der Waals surface area contributed by atoms with Gasteiger partial charge in [-0.3, -0.25) is 9.48 Å². The summed E-state index contributed by atoms with van der Waals surface area (Å²) in [5.74, 6) is -0.165. The molecule has 0 aromatic carbocycles. The van der Waals surface area contributed by atoms with Gasteiger partial charge >= 0.3 is 6.18 Å². The van der Waals surface area contributed by atoms with Crippen LogP contribution in [0.2, 0.25) is 0 Å². The van der Waals surface area contributed by atoms with E-state index in [1.54, 1.807) is 28.8 Å². The number of rotatable bonds is 4. The van der Waals surface area contributed by atoms with Crippen molar-refractivity contribution in [3.05, 3.63) is 46.7 Å². The Kier molecular flexibility index (Phi) is 5.49. The highest BCUT2D eigenvalue weighted by atomic mass is 19.4. The highest BCUT2D eigenvalue weighted by Gasteiger charge is 2.37. The molecule has 10 heteroatoms. The maximum Gasteiger partial charge on any atom is 0.433 e. The minimum Gasteiger partial charge on any atom is -0.330 e. The van der Waals surface area contributed by atoms with E-state index in [0.29, 0.717) is 29.9 Å². The van der Waals surface area contributed by atoms with Crippen LogP contribution < -0.4 is 0 Å². The maximum atomic E-state index is 13.5. The molecule has 1 atom stereocenters. The van der Waals surface area contributed by atoms with E-state index in [4.69, 9.17) is 0 Å². The monoisotopic (exact) mass is 434 g/mol. The second kappa shape index (κ2) is 7.97. The lowest BCUT2D eigenvalue weighted by Gasteiger charge is -2.34. The Labute approximate surface area is 177 Å². The van der Waals surface area contributed by atoms with E-state index in [0.717, 1.165) is 36.4 Å². The van der Waals surface area contributed by atoms with Gasteiger partial charge in [0.25, 0.3) is 5.91 Å². The summed E-state index contributed by atoms with van der Waals surface area (Å²) < 4.78 is 43.2. The fourth-order valence-electron chi connectivity index (χ4n) is 4.19. The largest absolute Gasteiger partial charge is 0.433 e. The number of carbonyl (C=O) groups is 1. The third-order valence-electron chi connectivity index (χ3n) is 5.60. The summed E-state index contributed by atoms with van der Waals surface area (Å²) in [4.78, 5) is 19.3. The molecule has 1 fully saturated rings. The Balaban J connectivity index is 1.72. The molecule has 1 amide bonds. The molecule has 3 aromatic rings. The predicted octanol–water partition coefficient (Wildman–Crippen LogP) is 4.34. The molecule has 31 heavy (non-hydrogen) atoms. The van der Waals surface area contributed by atoms with Crippen LogP contribution in [-0.2, 0) is 12.7 Å². The quantitative estimate of drug-likeness (QED) is 0.613.